The van der Waals surface area contributed by atoms with Gasteiger partial charge in [-0.2, -0.15) is 0 Å². The molecule has 1 amide bonds. The molecule has 1 aliphatic heterocycles. The number of amides is 1. The molecule has 0 saturated carbocycles. The molecule has 0 atom stereocenters. The van der Waals surface area contributed by atoms with Crippen molar-refractivity contribution in [2.24, 2.45) is 0 Å². The Kier molecular flexibility index (Phi) is 3.71. The highest BCUT2D eigenvalue weighted by Gasteiger charge is 2.30. The summed E-state index contributed by atoms with van der Waals surface area (Å²) in [5.74, 6) is 0.695. The van der Waals surface area contributed by atoms with E-state index in [4.69, 9.17) is 0 Å². The van der Waals surface area contributed by atoms with Gasteiger partial charge in [-0.15, -0.1) is 10.2 Å². The first-order valence-corrected chi connectivity index (χ1v) is 6.45. The van der Waals surface area contributed by atoms with Gasteiger partial charge in [0.05, 0.1) is 0 Å². The van der Waals surface area contributed by atoms with Gasteiger partial charge >= 0.3 is 0 Å². The molecule has 2 heterocycles. The molecule has 6 heteroatoms. The number of carbonyl (C=O) groups is 1. The molecule has 0 bridgehead atoms. The fourth-order valence-electron chi connectivity index (χ4n) is 2.22. The number of rotatable bonds is 2. The average molecular weight is 263 g/mol. The fourth-order valence-corrected chi connectivity index (χ4v) is 2.22. The summed E-state index contributed by atoms with van der Waals surface area (Å²) in [7, 11) is 3.41. The fraction of sp³-hybridized carbons (Fsp3) is 0.615. The Morgan fingerprint density at radius 2 is 2.11 bits per heavy atom. The molecule has 1 N–H and O–H groups in total. The normalized spacial score (nSPS) is 18.2. The van der Waals surface area contributed by atoms with Gasteiger partial charge in [-0.05, 0) is 26.0 Å². The molecule has 19 heavy (non-hydrogen) atoms. The van der Waals surface area contributed by atoms with Gasteiger partial charge in [0.15, 0.2) is 11.5 Å². The summed E-state index contributed by atoms with van der Waals surface area (Å²) in [6.07, 6.45) is 0. The second-order valence-electron chi connectivity index (χ2n) is 5.62. The number of nitrogens with one attached hydrogen (secondary N) is 1. The van der Waals surface area contributed by atoms with Gasteiger partial charge in [-0.25, -0.2) is 0 Å². The van der Waals surface area contributed by atoms with Crippen molar-refractivity contribution < 1.29 is 4.79 Å². The number of hydrogen-bond acceptors (Lipinski definition) is 5. The van der Waals surface area contributed by atoms with Gasteiger partial charge in [0, 0.05) is 39.3 Å². The van der Waals surface area contributed by atoms with Crippen molar-refractivity contribution in [2.45, 2.75) is 19.4 Å². The van der Waals surface area contributed by atoms with E-state index in [1.54, 1.807) is 20.2 Å². The summed E-state index contributed by atoms with van der Waals surface area (Å²) < 4.78 is 0. The molecular weight excluding hydrogens is 242 g/mol. The van der Waals surface area contributed by atoms with Crippen molar-refractivity contribution in [3.63, 3.8) is 0 Å². The SMILES string of the molecule is CN(C)C(=O)c1ccc(N2CCNCC2(C)C)nn1. The highest BCUT2D eigenvalue weighted by Crippen LogP contribution is 2.22. The lowest BCUT2D eigenvalue weighted by atomic mass is 10.0. The summed E-state index contributed by atoms with van der Waals surface area (Å²) in [4.78, 5) is 15.5. The first-order valence-electron chi connectivity index (χ1n) is 6.45. The van der Waals surface area contributed by atoms with Crippen molar-refractivity contribution >= 4 is 11.7 Å². The number of carbonyl (C=O) groups excluding carboxylic acids is 1. The highest BCUT2D eigenvalue weighted by atomic mass is 16.2. The van der Waals surface area contributed by atoms with Crippen molar-refractivity contribution in [3.05, 3.63) is 17.8 Å². The van der Waals surface area contributed by atoms with Gasteiger partial charge in [-0.1, -0.05) is 0 Å². The Hall–Kier alpha value is -1.69. The van der Waals surface area contributed by atoms with E-state index in [1.807, 2.05) is 6.07 Å². The lowest BCUT2D eigenvalue weighted by molar-refractivity contribution is 0.0821. The van der Waals surface area contributed by atoms with E-state index < -0.39 is 0 Å². The Morgan fingerprint density at radius 3 is 2.63 bits per heavy atom. The second-order valence-corrected chi connectivity index (χ2v) is 5.62. The van der Waals surface area contributed by atoms with Crippen LogP contribution in [0.1, 0.15) is 24.3 Å². The Balaban J connectivity index is 2.20. The third kappa shape index (κ3) is 2.84. The third-order valence-electron chi connectivity index (χ3n) is 3.35. The van der Waals surface area contributed by atoms with Crippen LogP contribution in [0.15, 0.2) is 12.1 Å². The molecule has 104 valence electrons. The van der Waals surface area contributed by atoms with Crippen molar-refractivity contribution in [3.8, 4) is 0 Å². The molecule has 0 unspecified atom stereocenters. The molecule has 0 aromatic carbocycles. The van der Waals surface area contributed by atoms with E-state index in [9.17, 15) is 4.79 Å². The maximum Gasteiger partial charge on any atom is 0.273 e. The maximum absolute atomic E-state index is 11.8. The smallest absolute Gasteiger partial charge is 0.273 e. The summed E-state index contributed by atoms with van der Waals surface area (Å²) in [5.41, 5.74) is 0.377. The van der Waals surface area contributed by atoms with Gasteiger partial charge < -0.3 is 15.1 Å². The van der Waals surface area contributed by atoms with Gasteiger partial charge in [0.2, 0.25) is 0 Å². The van der Waals surface area contributed by atoms with E-state index in [-0.39, 0.29) is 11.4 Å². The van der Waals surface area contributed by atoms with Gasteiger partial charge in [-0.3, -0.25) is 4.79 Å². The average Bonchev–Trinajstić information content (AvgIpc) is 2.37. The van der Waals surface area contributed by atoms with E-state index in [1.165, 1.54) is 4.90 Å². The molecular formula is C13H21N5O. The summed E-state index contributed by atoms with van der Waals surface area (Å²) in [6.45, 7) is 7.07. The Bertz CT molecular complexity index is 455. The minimum atomic E-state index is -0.126. The number of hydrogen-bond donors (Lipinski definition) is 1. The van der Waals surface area contributed by atoms with Crippen LogP contribution in [0.3, 0.4) is 0 Å². The first kappa shape index (κ1) is 13.7. The quantitative estimate of drug-likeness (QED) is 0.835. The zero-order valence-corrected chi connectivity index (χ0v) is 12.0. The molecule has 0 radical (unpaired) electrons. The summed E-state index contributed by atoms with van der Waals surface area (Å²) in [5, 5.41) is 11.6. The highest BCUT2D eigenvalue weighted by molar-refractivity contribution is 5.91. The van der Waals surface area contributed by atoms with Crippen LogP contribution in [0, 0.1) is 0 Å². The number of piperazine rings is 1. The maximum atomic E-state index is 11.8. The molecule has 1 saturated heterocycles. The molecule has 0 spiro atoms. The van der Waals surface area contributed by atoms with Crippen LogP contribution >= 0.6 is 0 Å². The molecule has 1 aromatic rings. The van der Waals surface area contributed by atoms with Crippen LogP contribution in [0.25, 0.3) is 0 Å². The lowest BCUT2D eigenvalue weighted by Gasteiger charge is -2.43. The van der Waals surface area contributed by atoms with Crippen LogP contribution < -0.4 is 10.2 Å². The zero-order chi connectivity index (χ0) is 14.0. The van der Waals surface area contributed by atoms with Crippen LogP contribution in [-0.2, 0) is 0 Å². The minimum absolute atomic E-state index is 0.00000354. The van der Waals surface area contributed by atoms with Crippen molar-refractivity contribution in [1.29, 1.82) is 0 Å². The molecule has 1 aliphatic rings. The van der Waals surface area contributed by atoms with E-state index in [0.29, 0.717) is 5.69 Å². The molecule has 0 aliphatic carbocycles. The van der Waals surface area contributed by atoms with Crippen molar-refractivity contribution in [1.82, 2.24) is 20.4 Å². The minimum Gasteiger partial charge on any atom is -0.347 e. The molecule has 6 nitrogen and oxygen atoms in total. The lowest BCUT2D eigenvalue weighted by Crippen LogP contribution is -2.58. The monoisotopic (exact) mass is 263 g/mol. The zero-order valence-electron chi connectivity index (χ0n) is 12.0. The van der Waals surface area contributed by atoms with Crippen LogP contribution in [0.5, 0.6) is 0 Å². The van der Waals surface area contributed by atoms with Crippen LogP contribution in [0.2, 0.25) is 0 Å². The largest absolute Gasteiger partial charge is 0.347 e. The predicted molar refractivity (Wildman–Crippen MR) is 74.3 cm³/mol. The van der Waals surface area contributed by atoms with Crippen molar-refractivity contribution in [2.75, 3.05) is 38.6 Å². The van der Waals surface area contributed by atoms with Crippen LogP contribution in [0.4, 0.5) is 5.82 Å². The van der Waals surface area contributed by atoms with Crippen LogP contribution in [-0.4, -0.2) is 60.3 Å². The first-order chi connectivity index (χ1) is 8.92. The number of anilines is 1. The number of nitrogens with zero attached hydrogens (tertiary/aromatic N) is 4. The molecule has 1 aromatic heterocycles. The van der Waals surface area contributed by atoms with Gasteiger partial charge in [0.1, 0.15) is 0 Å². The summed E-state index contributed by atoms with van der Waals surface area (Å²) >= 11 is 0. The topological polar surface area (TPSA) is 61.4 Å². The standard InChI is InChI=1S/C13H21N5O/c1-13(2)9-14-7-8-18(13)11-6-5-10(15-16-11)12(19)17(3)4/h5-6,14H,7-9H2,1-4H3. The Labute approximate surface area is 113 Å². The van der Waals surface area contributed by atoms with E-state index in [2.05, 4.69) is 34.3 Å². The number of aromatic nitrogens is 2. The van der Waals surface area contributed by atoms with E-state index >= 15 is 0 Å². The second kappa shape index (κ2) is 5.13. The Morgan fingerprint density at radius 1 is 1.37 bits per heavy atom. The van der Waals surface area contributed by atoms with Gasteiger partial charge in [0.25, 0.3) is 5.91 Å². The summed E-state index contributed by atoms with van der Waals surface area (Å²) in [6, 6.07) is 3.61. The van der Waals surface area contributed by atoms with E-state index in [0.717, 1.165) is 25.5 Å². The third-order valence-corrected chi connectivity index (χ3v) is 3.35. The predicted octanol–water partition coefficient (Wildman–Crippen LogP) is 0.367. The molecule has 2 rings (SSSR count). The molecule has 1 fully saturated rings.